The van der Waals surface area contributed by atoms with Crippen LogP contribution in [0.3, 0.4) is 0 Å². The van der Waals surface area contributed by atoms with Gasteiger partial charge in [-0.2, -0.15) is 0 Å². The maximum absolute atomic E-state index is 12.1. The molecule has 0 aliphatic rings. The molecule has 112 valence electrons. The molecule has 0 radical (unpaired) electrons. The smallest absolute Gasteiger partial charge is 0.251 e. The second-order valence-electron chi connectivity index (χ2n) is 4.37. The number of nitrogens with zero attached hydrogens (tertiary/aromatic N) is 4. The van der Waals surface area contributed by atoms with Crippen LogP contribution >= 0.6 is 11.6 Å². The zero-order valence-electron chi connectivity index (χ0n) is 11.7. The molecule has 0 saturated carbocycles. The molecular weight excluding hydrogens is 292 g/mol. The Bertz CT molecular complexity index is 586. The van der Waals surface area contributed by atoms with Crippen molar-refractivity contribution in [2.45, 2.75) is 19.9 Å². The first-order valence-corrected chi connectivity index (χ1v) is 7.10. The van der Waals surface area contributed by atoms with Crippen LogP contribution in [-0.2, 0) is 6.54 Å². The Balaban J connectivity index is 1.85. The van der Waals surface area contributed by atoms with Crippen LogP contribution < -0.4 is 10.6 Å². The minimum Gasteiger partial charge on any atom is -0.370 e. The SMILES string of the molecule is CCNc1cc(C(=O)NCCCn2ccnn2)cc(Cl)n1. The molecule has 2 N–H and O–H groups in total. The zero-order valence-corrected chi connectivity index (χ0v) is 12.5. The normalized spacial score (nSPS) is 10.4. The van der Waals surface area contributed by atoms with Gasteiger partial charge in [0.25, 0.3) is 5.91 Å². The quantitative estimate of drug-likeness (QED) is 0.599. The summed E-state index contributed by atoms with van der Waals surface area (Å²) in [6.07, 6.45) is 4.18. The van der Waals surface area contributed by atoms with Crippen LogP contribution in [0.2, 0.25) is 5.15 Å². The number of halogens is 1. The fourth-order valence-electron chi connectivity index (χ4n) is 1.80. The third kappa shape index (κ3) is 4.71. The van der Waals surface area contributed by atoms with Gasteiger partial charge in [-0.1, -0.05) is 16.8 Å². The summed E-state index contributed by atoms with van der Waals surface area (Å²) >= 11 is 5.91. The van der Waals surface area contributed by atoms with E-state index in [1.54, 1.807) is 29.2 Å². The van der Waals surface area contributed by atoms with E-state index in [1.807, 2.05) is 6.92 Å². The van der Waals surface area contributed by atoms with Gasteiger partial charge in [0.2, 0.25) is 0 Å². The number of carbonyl (C=O) groups is 1. The van der Waals surface area contributed by atoms with Crippen molar-refractivity contribution in [3.63, 3.8) is 0 Å². The van der Waals surface area contributed by atoms with Crippen LogP contribution in [0, 0.1) is 0 Å². The Morgan fingerprint density at radius 3 is 3.00 bits per heavy atom. The molecule has 0 spiro atoms. The summed E-state index contributed by atoms with van der Waals surface area (Å²) in [6, 6.07) is 3.23. The maximum Gasteiger partial charge on any atom is 0.251 e. The Hall–Kier alpha value is -2.15. The van der Waals surface area contributed by atoms with E-state index in [4.69, 9.17) is 11.6 Å². The van der Waals surface area contributed by atoms with Gasteiger partial charge >= 0.3 is 0 Å². The number of hydrogen-bond acceptors (Lipinski definition) is 5. The molecule has 0 saturated heterocycles. The van der Waals surface area contributed by atoms with Crippen molar-refractivity contribution < 1.29 is 4.79 Å². The van der Waals surface area contributed by atoms with Gasteiger partial charge in [0.15, 0.2) is 0 Å². The molecule has 21 heavy (non-hydrogen) atoms. The molecule has 2 aromatic rings. The van der Waals surface area contributed by atoms with E-state index < -0.39 is 0 Å². The third-order valence-electron chi connectivity index (χ3n) is 2.74. The van der Waals surface area contributed by atoms with Gasteiger partial charge in [0.05, 0.1) is 6.20 Å². The highest BCUT2D eigenvalue weighted by atomic mass is 35.5. The molecule has 0 unspecified atom stereocenters. The topological polar surface area (TPSA) is 84.7 Å². The average molecular weight is 309 g/mol. The highest BCUT2D eigenvalue weighted by Crippen LogP contribution is 2.14. The third-order valence-corrected chi connectivity index (χ3v) is 2.93. The highest BCUT2D eigenvalue weighted by Gasteiger charge is 2.08. The molecule has 0 aromatic carbocycles. The minimum atomic E-state index is -0.169. The molecule has 0 aliphatic heterocycles. The van der Waals surface area contributed by atoms with Gasteiger partial charge in [-0.3, -0.25) is 9.48 Å². The van der Waals surface area contributed by atoms with Gasteiger partial charge in [0, 0.05) is 31.4 Å². The van der Waals surface area contributed by atoms with Crippen molar-refractivity contribution in [1.82, 2.24) is 25.3 Å². The van der Waals surface area contributed by atoms with Crippen molar-refractivity contribution >= 4 is 23.3 Å². The predicted octanol–water partition coefficient (Wildman–Crippen LogP) is 1.58. The number of rotatable bonds is 7. The van der Waals surface area contributed by atoms with Crippen molar-refractivity contribution in [2.24, 2.45) is 0 Å². The lowest BCUT2D eigenvalue weighted by atomic mass is 10.2. The van der Waals surface area contributed by atoms with Crippen LogP contribution in [0.4, 0.5) is 5.82 Å². The van der Waals surface area contributed by atoms with Gasteiger partial charge in [-0.15, -0.1) is 5.10 Å². The molecule has 1 amide bonds. The largest absolute Gasteiger partial charge is 0.370 e. The monoisotopic (exact) mass is 308 g/mol. The summed E-state index contributed by atoms with van der Waals surface area (Å²) < 4.78 is 1.72. The van der Waals surface area contributed by atoms with E-state index in [-0.39, 0.29) is 5.91 Å². The van der Waals surface area contributed by atoms with Crippen LogP contribution in [0.25, 0.3) is 0 Å². The summed E-state index contributed by atoms with van der Waals surface area (Å²) in [6.45, 7) is 3.92. The number of anilines is 1. The average Bonchev–Trinajstić information content (AvgIpc) is 2.96. The molecule has 2 aromatic heterocycles. The molecule has 2 rings (SSSR count). The number of aryl methyl sites for hydroxylation is 1. The number of carbonyl (C=O) groups excluding carboxylic acids is 1. The lowest BCUT2D eigenvalue weighted by Gasteiger charge is -2.08. The Morgan fingerprint density at radius 1 is 1.43 bits per heavy atom. The molecular formula is C13H17ClN6O. The van der Waals surface area contributed by atoms with Crippen molar-refractivity contribution in [2.75, 3.05) is 18.4 Å². The van der Waals surface area contributed by atoms with Gasteiger partial charge in [0.1, 0.15) is 11.0 Å². The molecule has 0 atom stereocenters. The van der Waals surface area contributed by atoms with Crippen LogP contribution in [0.5, 0.6) is 0 Å². The van der Waals surface area contributed by atoms with E-state index >= 15 is 0 Å². The standard InChI is InChI=1S/C13H17ClN6O/c1-2-15-12-9-10(8-11(14)18-12)13(21)16-4-3-6-20-7-5-17-19-20/h5,7-9H,2-4,6H2,1H3,(H,15,18)(H,16,21). The van der Waals surface area contributed by atoms with E-state index in [1.165, 1.54) is 0 Å². The molecule has 7 nitrogen and oxygen atoms in total. The number of aromatic nitrogens is 4. The summed E-state index contributed by atoms with van der Waals surface area (Å²) in [5, 5.41) is 13.7. The van der Waals surface area contributed by atoms with E-state index in [0.29, 0.717) is 36.2 Å². The second kappa shape index (κ2) is 7.58. The highest BCUT2D eigenvalue weighted by molar-refractivity contribution is 6.29. The van der Waals surface area contributed by atoms with Crippen molar-refractivity contribution in [3.05, 3.63) is 35.2 Å². The summed E-state index contributed by atoms with van der Waals surface area (Å²) in [5.74, 6) is 0.426. The zero-order chi connectivity index (χ0) is 15.1. The summed E-state index contributed by atoms with van der Waals surface area (Å²) in [4.78, 5) is 16.1. The minimum absolute atomic E-state index is 0.169. The Morgan fingerprint density at radius 2 is 2.29 bits per heavy atom. The van der Waals surface area contributed by atoms with Gasteiger partial charge in [-0.05, 0) is 25.5 Å². The maximum atomic E-state index is 12.1. The summed E-state index contributed by atoms with van der Waals surface area (Å²) in [7, 11) is 0. The van der Waals surface area contributed by atoms with E-state index in [0.717, 1.165) is 6.42 Å². The van der Waals surface area contributed by atoms with Crippen molar-refractivity contribution in [3.8, 4) is 0 Å². The van der Waals surface area contributed by atoms with Crippen molar-refractivity contribution in [1.29, 1.82) is 0 Å². The number of amides is 1. The lowest BCUT2D eigenvalue weighted by molar-refractivity contribution is 0.0952. The molecule has 0 bridgehead atoms. The lowest BCUT2D eigenvalue weighted by Crippen LogP contribution is -2.25. The van der Waals surface area contributed by atoms with Gasteiger partial charge < -0.3 is 10.6 Å². The molecule has 0 aliphatic carbocycles. The van der Waals surface area contributed by atoms with Gasteiger partial charge in [-0.25, -0.2) is 4.98 Å². The number of hydrogen-bond donors (Lipinski definition) is 2. The van der Waals surface area contributed by atoms with Crippen LogP contribution in [0.15, 0.2) is 24.5 Å². The fraction of sp³-hybridized carbons (Fsp3) is 0.385. The molecule has 8 heteroatoms. The van der Waals surface area contributed by atoms with E-state index in [9.17, 15) is 4.79 Å². The Labute approximate surface area is 127 Å². The predicted molar refractivity (Wildman–Crippen MR) is 80.4 cm³/mol. The molecule has 0 fully saturated rings. The first-order valence-electron chi connectivity index (χ1n) is 6.73. The first-order chi connectivity index (χ1) is 10.2. The number of pyridine rings is 1. The molecule has 2 heterocycles. The number of nitrogens with one attached hydrogen (secondary N) is 2. The first kappa shape index (κ1) is 15.2. The van der Waals surface area contributed by atoms with Crippen LogP contribution in [0.1, 0.15) is 23.7 Å². The fourth-order valence-corrected chi connectivity index (χ4v) is 2.01. The van der Waals surface area contributed by atoms with E-state index in [2.05, 4.69) is 25.9 Å². The Kier molecular flexibility index (Phi) is 5.51. The second-order valence-corrected chi connectivity index (χ2v) is 4.76. The van der Waals surface area contributed by atoms with Crippen LogP contribution in [-0.4, -0.2) is 39.0 Å². The summed E-state index contributed by atoms with van der Waals surface area (Å²) in [5.41, 5.74) is 0.492.